The lowest BCUT2D eigenvalue weighted by Crippen LogP contribution is -2.22. The van der Waals surface area contributed by atoms with Gasteiger partial charge in [0.25, 0.3) is 0 Å². The third kappa shape index (κ3) is 4.49. The highest BCUT2D eigenvalue weighted by atomic mass is 32.2. The smallest absolute Gasteiger partial charge is 0.242 e. The number of hydrogen-bond donors (Lipinski definition) is 1. The summed E-state index contributed by atoms with van der Waals surface area (Å²) in [6.07, 6.45) is 0. The van der Waals surface area contributed by atoms with Crippen LogP contribution >= 0.6 is 0 Å². The standard InChI is InChI=1S/C13H22N2O3S/c1-11(10-18-4)9-14-12-5-7-13(8-6-12)19(16,17)15(2)3/h5-8,11,14H,9-10H2,1-4H3. The molecule has 0 aliphatic heterocycles. The molecule has 1 rings (SSSR count). The molecule has 1 N–H and O–H groups in total. The molecule has 0 bridgehead atoms. The van der Waals surface area contributed by atoms with E-state index >= 15 is 0 Å². The van der Waals surface area contributed by atoms with Gasteiger partial charge in [0.1, 0.15) is 0 Å². The summed E-state index contributed by atoms with van der Waals surface area (Å²) < 4.78 is 30.0. The maximum absolute atomic E-state index is 11.9. The minimum absolute atomic E-state index is 0.299. The van der Waals surface area contributed by atoms with Gasteiger partial charge in [0.05, 0.1) is 11.5 Å². The van der Waals surface area contributed by atoms with Crippen LogP contribution in [0.4, 0.5) is 5.69 Å². The Balaban J connectivity index is 2.67. The Morgan fingerprint density at radius 3 is 2.32 bits per heavy atom. The van der Waals surface area contributed by atoms with Crippen molar-refractivity contribution in [3.05, 3.63) is 24.3 Å². The molecule has 0 heterocycles. The van der Waals surface area contributed by atoms with E-state index in [-0.39, 0.29) is 0 Å². The number of anilines is 1. The van der Waals surface area contributed by atoms with Crippen LogP contribution in [-0.2, 0) is 14.8 Å². The number of rotatable bonds is 7. The van der Waals surface area contributed by atoms with E-state index in [2.05, 4.69) is 12.2 Å². The van der Waals surface area contributed by atoms with Gasteiger partial charge in [-0.25, -0.2) is 12.7 Å². The van der Waals surface area contributed by atoms with Crippen LogP contribution in [-0.4, -0.2) is 47.1 Å². The number of methoxy groups -OCH3 is 1. The minimum Gasteiger partial charge on any atom is -0.385 e. The minimum atomic E-state index is -3.35. The van der Waals surface area contributed by atoms with Gasteiger partial charge in [0, 0.05) is 33.4 Å². The van der Waals surface area contributed by atoms with Crippen LogP contribution in [0.2, 0.25) is 0 Å². The van der Waals surface area contributed by atoms with E-state index in [4.69, 9.17) is 4.74 Å². The van der Waals surface area contributed by atoms with Gasteiger partial charge in [-0.2, -0.15) is 0 Å². The lowest BCUT2D eigenvalue weighted by Gasteiger charge is -2.14. The van der Waals surface area contributed by atoms with Crippen LogP contribution in [0, 0.1) is 5.92 Å². The van der Waals surface area contributed by atoms with Crippen molar-refractivity contribution in [3.8, 4) is 0 Å². The topological polar surface area (TPSA) is 58.6 Å². The second kappa shape index (κ2) is 6.88. The van der Waals surface area contributed by atoms with Crippen molar-refractivity contribution < 1.29 is 13.2 Å². The van der Waals surface area contributed by atoms with E-state index in [0.717, 1.165) is 12.2 Å². The number of nitrogens with zero attached hydrogens (tertiary/aromatic N) is 1. The zero-order valence-electron chi connectivity index (χ0n) is 11.9. The van der Waals surface area contributed by atoms with Crippen molar-refractivity contribution in [2.45, 2.75) is 11.8 Å². The van der Waals surface area contributed by atoms with E-state index in [9.17, 15) is 8.42 Å². The first kappa shape index (κ1) is 15.9. The van der Waals surface area contributed by atoms with Crippen molar-refractivity contribution in [3.63, 3.8) is 0 Å². The van der Waals surface area contributed by atoms with E-state index in [1.54, 1.807) is 31.4 Å². The molecule has 0 saturated heterocycles. The van der Waals surface area contributed by atoms with Gasteiger partial charge < -0.3 is 10.1 Å². The van der Waals surface area contributed by atoms with Crippen LogP contribution in [0.25, 0.3) is 0 Å². The summed E-state index contributed by atoms with van der Waals surface area (Å²) in [6, 6.07) is 6.77. The number of ether oxygens (including phenoxy) is 1. The lowest BCUT2D eigenvalue weighted by molar-refractivity contribution is 0.164. The van der Waals surface area contributed by atoms with E-state index in [0.29, 0.717) is 17.4 Å². The molecule has 1 aromatic rings. The van der Waals surface area contributed by atoms with Gasteiger partial charge in [-0.3, -0.25) is 0 Å². The summed E-state index contributed by atoms with van der Waals surface area (Å²) in [4.78, 5) is 0.299. The Kier molecular flexibility index (Phi) is 5.78. The maximum Gasteiger partial charge on any atom is 0.242 e. The fourth-order valence-corrected chi connectivity index (χ4v) is 2.49. The number of sulfonamides is 1. The first-order chi connectivity index (χ1) is 8.87. The maximum atomic E-state index is 11.9. The van der Waals surface area contributed by atoms with E-state index in [1.807, 2.05) is 0 Å². The number of nitrogens with one attached hydrogen (secondary N) is 1. The van der Waals surface area contributed by atoms with Gasteiger partial charge in [-0.05, 0) is 30.2 Å². The largest absolute Gasteiger partial charge is 0.385 e. The van der Waals surface area contributed by atoms with Gasteiger partial charge >= 0.3 is 0 Å². The summed E-state index contributed by atoms with van der Waals surface area (Å²) in [5.41, 5.74) is 0.903. The Morgan fingerprint density at radius 2 is 1.84 bits per heavy atom. The first-order valence-electron chi connectivity index (χ1n) is 6.13. The zero-order chi connectivity index (χ0) is 14.5. The molecule has 0 spiro atoms. The molecule has 0 saturated carbocycles. The average Bonchev–Trinajstić information content (AvgIpc) is 2.37. The van der Waals surface area contributed by atoms with Crippen LogP contribution in [0.15, 0.2) is 29.2 Å². The van der Waals surface area contributed by atoms with E-state index < -0.39 is 10.0 Å². The summed E-state index contributed by atoms with van der Waals surface area (Å²) >= 11 is 0. The van der Waals surface area contributed by atoms with Crippen molar-refractivity contribution in [2.24, 2.45) is 5.92 Å². The summed E-state index contributed by atoms with van der Waals surface area (Å²) in [6.45, 7) is 3.56. The SMILES string of the molecule is COCC(C)CNc1ccc(S(=O)(=O)N(C)C)cc1. The fraction of sp³-hybridized carbons (Fsp3) is 0.538. The second-order valence-corrected chi connectivity index (χ2v) is 6.91. The van der Waals surface area contributed by atoms with Crippen LogP contribution in [0.3, 0.4) is 0 Å². The molecule has 1 aromatic carbocycles. The quantitative estimate of drug-likeness (QED) is 0.827. The average molecular weight is 286 g/mol. The molecular formula is C13H22N2O3S. The number of hydrogen-bond acceptors (Lipinski definition) is 4. The second-order valence-electron chi connectivity index (χ2n) is 4.75. The number of benzene rings is 1. The molecule has 6 heteroatoms. The van der Waals surface area contributed by atoms with Gasteiger partial charge in [0.15, 0.2) is 0 Å². The summed E-state index contributed by atoms with van der Waals surface area (Å²) in [5.74, 6) is 0.398. The van der Waals surface area contributed by atoms with Crippen molar-refractivity contribution >= 4 is 15.7 Å². The predicted octanol–water partition coefficient (Wildman–Crippen LogP) is 1.63. The van der Waals surface area contributed by atoms with Crippen LogP contribution in [0.1, 0.15) is 6.92 Å². The summed E-state index contributed by atoms with van der Waals surface area (Å²) in [7, 11) is 1.37. The summed E-state index contributed by atoms with van der Waals surface area (Å²) in [5, 5.41) is 3.25. The molecule has 0 radical (unpaired) electrons. The molecule has 0 aromatic heterocycles. The van der Waals surface area contributed by atoms with Gasteiger partial charge in [-0.1, -0.05) is 6.92 Å². The Labute approximate surface area is 115 Å². The molecule has 0 amide bonds. The van der Waals surface area contributed by atoms with Gasteiger partial charge in [0.2, 0.25) is 10.0 Å². The fourth-order valence-electron chi connectivity index (χ4n) is 1.59. The molecule has 1 atom stereocenters. The molecule has 1 unspecified atom stereocenters. The van der Waals surface area contributed by atoms with Crippen LogP contribution < -0.4 is 5.32 Å². The lowest BCUT2D eigenvalue weighted by atomic mass is 10.2. The zero-order valence-corrected chi connectivity index (χ0v) is 12.7. The molecule has 19 heavy (non-hydrogen) atoms. The third-order valence-corrected chi connectivity index (χ3v) is 4.57. The van der Waals surface area contributed by atoms with Crippen molar-refractivity contribution in [1.29, 1.82) is 0 Å². The Hall–Kier alpha value is -1.11. The molecule has 5 nitrogen and oxygen atoms in total. The highest BCUT2D eigenvalue weighted by Crippen LogP contribution is 2.16. The highest BCUT2D eigenvalue weighted by Gasteiger charge is 2.16. The first-order valence-corrected chi connectivity index (χ1v) is 7.57. The third-order valence-electron chi connectivity index (χ3n) is 2.74. The van der Waals surface area contributed by atoms with Crippen molar-refractivity contribution in [1.82, 2.24) is 4.31 Å². The van der Waals surface area contributed by atoms with Crippen LogP contribution in [0.5, 0.6) is 0 Å². The Morgan fingerprint density at radius 1 is 1.26 bits per heavy atom. The van der Waals surface area contributed by atoms with E-state index in [1.165, 1.54) is 18.4 Å². The predicted molar refractivity (Wildman–Crippen MR) is 76.8 cm³/mol. The molecule has 108 valence electrons. The van der Waals surface area contributed by atoms with Crippen molar-refractivity contribution in [2.75, 3.05) is 39.7 Å². The molecule has 0 aliphatic carbocycles. The molecular weight excluding hydrogens is 264 g/mol. The Bertz CT molecular complexity index is 483. The molecule has 0 aliphatic rings. The molecule has 0 fully saturated rings. The monoisotopic (exact) mass is 286 g/mol. The highest BCUT2D eigenvalue weighted by molar-refractivity contribution is 7.89. The van der Waals surface area contributed by atoms with Gasteiger partial charge in [-0.15, -0.1) is 0 Å². The normalized spacial score (nSPS) is 13.5.